The number of hydrogen-bond acceptors (Lipinski definition) is 5. The number of rotatable bonds is 3. The summed E-state index contributed by atoms with van der Waals surface area (Å²) in [6.45, 7) is 2.64. The lowest BCUT2D eigenvalue weighted by Crippen LogP contribution is -2.38. The monoisotopic (exact) mass is 497 g/mol. The molecular formula is C27H24ClN7O. The van der Waals surface area contributed by atoms with Crippen LogP contribution in [0.1, 0.15) is 6.42 Å². The smallest absolute Gasteiger partial charge is 0.321 e. The van der Waals surface area contributed by atoms with Gasteiger partial charge < -0.3 is 15.1 Å². The maximum atomic E-state index is 12.9. The van der Waals surface area contributed by atoms with Crippen LogP contribution in [0.5, 0.6) is 0 Å². The molecule has 0 unspecified atom stereocenters. The van der Waals surface area contributed by atoms with E-state index in [0.29, 0.717) is 30.5 Å². The molecule has 0 bridgehead atoms. The minimum atomic E-state index is -0.0918. The first-order valence-electron chi connectivity index (χ1n) is 11.9. The molecule has 0 aliphatic carbocycles. The van der Waals surface area contributed by atoms with E-state index in [1.807, 2.05) is 88.2 Å². The Labute approximate surface area is 213 Å². The van der Waals surface area contributed by atoms with Crippen LogP contribution in [0.25, 0.3) is 27.9 Å². The minimum Gasteiger partial charge on any atom is -0.340 e. The van der Waals surface area contributed by atoms with Crippen LogP contribution in [0.2, 0.25) is 5.02 Å². The van der Waals surface area contributed by atoms with Crippen molar-refractivity contribution in [2.45, 2.75) is 6.42 Å². The number of hydrogen-bond donors (Lipinski definition) is 1. The molecule has 0 atom stereocenters. The summed E-state index contributed by atoms with van der Waals surface area (Å²) in [5, 5.41) is 13.7. The number of aromatic nitrogens is 4. The molecule has 8 nitrogen and oxygen atoms in total. The summed E-state index contributed by atoms with van der Waals surface area (Å²) in [5.41, 5.74) is 3.31. The second kappa shape index (κ2) is 9.47. The fraction of sp³-hybridized carbons (Fsp3) is 0.185. The summed E-state index contributed by atoms with van der Waals surface area (Å²) < 4.78 is 2.02. The van der Waals surface area contributed by atoms with Crippen LogP contribution in [-0.2, 0) is 0 Å². The standard InChI is InChI=1S/C27H24ClN7O/c28-20-13-11-19(12-14-20)24-31-32-25-22-9-4-5-10-23(22)30-26(35(24)25)33-15-6-16-34(18-17-33)27(36)29-21-7-2-1-3-8-21/h1-5,7-14H,6,15-18H2,(H,29,36). The van der Waals surface area contributed by atoms with Crippen molar-refractivity contribution in [2.24, 2.45) is 0 Å². The molecule has 0 radical (unpaired) electrons. The second-order valence-corrected chi connectivity index (χ2v) is 9.18. The molecule has 2 aromatic heterocycles. The van der Waals surface area contributed by atoms with E-state index in [-0.39, 0.29) is 6.03 Å². The number of halogens is 1. The number of nitrogens with one attached hydrogen (secondary N) is 1. The molecule has 180 valence electrons. The van der Waals surface area contributed by atoms with Crippen molar-refractivity contribution in [3.05, 3.63) is 83.9 Å². The summed E-state index contributed by atoms with van der Waals surface area (Å²) in [6.07, 6.45) is 0.816. The number of carbonyl (C=O) groups is 1. The zero-order valence-electron chi connectivity index (χ0n) is 19.5. The number of fused-ring (bicyclic) bond motifs is 3. The van der Waals surface area contributed by atoms with Crippen molar-refractivity contribution in [3.8, 4) is 11.4 Å². The van der Waals surface area contributed by atoms with Gasteiger partial charge in [0, 0.05) is 47.8 Å². The highest BCUT2D eigenvalue weighted by molar-refractivity contribution is 6.30. The highest BCUT2D eigenvalue weighted by atomic mass is 35.5. The van der Waals surface area contributed by atoms with Crippen LogP contribution in [0.3, 0.4) is 0 Å². The molecule has 3 aromatic carbocycles. The number of amides is 2. The van der Waals surface area contributed by atoms with Gasteiger partial charge in [0.25, 0.3) is 0 Å². The fourth-order valence-corrected chi connectivity index (χ4v) is 4.73. The number of urea groups is 1. The number of benzene rings is 3. The van der Waals surface area contributed by atoms with Crippen molar-refractivity contribution in [2.75, 3.05) is 36.4 Å². The average molecular weight is 498 g/mol. The predicted molar refractivity (Wildman–Crippen MR) is 143 cm³/mol. The van der Waals surface area contributed by atoms with Gasteiger partial charge in [-0.05, 0) is 55.0 Å². The normalized spacial score (nSPS) is 14.2. The summed E-state index contributed by atoms with van der Waals surface area (Å²) >= 11 is 6.13. The predicted octanol–water partition coefficient (Wildman–Crippen LogP) is 5.34. The lowest BCUT2D eigenvalue weighted by molar-refractivity contribution is 0.215. The molecule has 5 aromatic rings. The van der Waals surface area contributed by atoms with Gasteiger partial charge in [-0.1, -0.05) is 41.9 Å². The van der Waals surface area contributed by atoms with E-state index in [1.54, 1.807) is 0 Å². The Bertz CT molecular complexity index is 1540. The molecule has 9 heteroatoms. The van der Waals surface area contributed by atoms with E-state index in [0.717, 1.165) is 46.7 Å². The summed E-state index contributed by atoms with van der Waals surface area (Å²) in [7, 11) is 0. The van der Waals surface area contributed by atoms with Crippen molar-refractivity contribution < 1.29 is 4.79 Å². The first-order chi connectivity index (χ1) is 17.7. The fourth-order valence-electron chi connectivity index (χ4n) is 4.61. The molecule has 1 fully saturated rings. The number of anilines is 2. The third kappa shape index (κ3) is 4.20. The van der Waals surface area contributed by atoms with Crippen molar-refractivity contribution in [3.63, 3.8) is 0 Å². The van der Waals surface area contributed by atoms with Gasteiger partial charge >= 0.3 is 6.03 Å². The number of para-hydroxylation sites is 2. The third-order valence-electron chi connectivity index (χ3n) is 6.42. The van der Waals surface area contributed by atoms with E-state index in [9.17, 15) is 4.79 Å². The first-order valence-corrected chi connectivity index (χ1v) is 12.3. The van der Waals surface area contributed by atoms with Crippen LogP contribution >= 0.6 is 11.6 Å². The van der Waals surface area contributed by atoms with Gasteiger partial charge in [0.2, 0.25) is 5.95 Å². The van der Waals surface area contributed by atoms with E-state index in [2.05, 4.69) is 20.4 Å². The van der Waals surface area contributed by atoms with Gasteiger partial charge in [-0.2, -0.15) is 0 Å². The molecule has 0 saturated carbocycles. The number of carbonyl (C=O) groups excluding carboxylic acids is 1. The zero-order valence-corrected chi connectivity index (χ0v) is 20.3. The van der Waals surface area contributed by atoms with Gasteiger partial charge in [-0.3, -0.25) is 0 Å². The molecule has 6 rings (SSSR count). The van der Waals surface area contributed by atoms with Gasteiger partial charge in [0.15, 0.2) is 11.5 Å². The summed E-state index contributed by atoms with van der Waals surface area (Å²) in [6, 6.07) is 25.0. The minimum absolute atomic E-state index is 0.0918. The van der Waals surface area contributed by atoms with Gasteiger partial charge in [-0.15, -0.1) is 10.2 Å². The lowest BCUT2D eigenvalue weighted by Gasteiger charge is -2.24. The van der Waals surface area contributed by atoms with Crippen molar-refractivity contribution in [1.82, 2.24) is 24.5 Å². The van der Waals surface area contributed by atoms with Crippen LogP contribution in [0, 0.1) is 0 Å². The molecule has 1 aliphatic heterocycles. The Morgan fingerprint density at radius 3 is 2.44 bits per heavy atom. The van der Waals surface area contributed by atoms with Crippen LogP contribution in [-0.4, -0.2) is 56.7 Å². The second-order valence-electron chi connectivity index (χ2n) is 8.74. The average Bonchev–Trinajstić information content (AvgIpc) is 3.20. The van der Waals surface area contributed by atoms with Gasteiger partial charge in [0.1, 0.15) is 0 Å². The highest BCUT2D eigenvalue weighted by Crippen LogP contribution is 2.29. The van der Waals surface area contributed by atoms with Crippen LogP contribution in [0.15, 0.2) is 78.9 Å². The van der Waals surface area contributed by atoms with E-state index < -0.39 is 0 Å². The molecule has 1 N–H and O–H groups in total. The third-order valence-corrected chi connectivity index (χ3v) is 6.67. The van der Waals surface area contributed by atoms with Crippen LogP contribution < -0.4 is 10.2 Å². The number of nitrogens with zero attached hydrogens (tertiary/aromatic N) is 6. The highest BCUT2D eigenvalue weighted by Gasteiger charge is 2.24. The Kier molecular flexibility index (Phi) is 5.87. The largest absolute Gasteiger partial charge is 0.340 e. The summed E-state index contributed by atoms with van der Waals surface area (Å²) in [4.78, 5) is 22.0. The van der Waals surface area contributed by atoms with E-state index in [4.69, 9.17) is 16.6 Å². The molecule has 36 heavy (non-hydrogen) atoms. The van der Waals surface area contributed by atoms with E-state index >= 15 is 0 Å². The summed E-state index contributed by atoms with van der Waals surface area (Å²) in [5.74, 6) is 1.47. The quantitative estimate of drug-likeness (QED) is 0.364. The van der Waals surface area contributed by atoms with Crippen LogP contribution in [0.4, 0.5) is 16.4 Å². The molecule has 1 saturated heterocycles. The maximum Gasteiger partial charge on any atom is 0.321 e. The molecule has 0 spiro atoms. The van der Waals surface area contributed by atoms with Gasteiger partial charge in [-0.25, -0.2) is 14.2 Å². The molecule has 1 aliphatic rings. The Hall–Kier alpha value is -4.17. The van der Waals surface area contributed by atoms with E-state index in [1.165, 1.54) is 0 Å². The Balaban J connectivity index is 1.36. The van der Waals surface area contributed by atoms with Gasteiger partial charge in [0.05, 0.1) is 5.52 Å². The Morgan fingerprint density at radius 1 is 0.833 bits per heavy atom. The molecule has 3 heterocycles. The molecular weight excluding hydrogens is 474 g/mol. The lowest BCUT2D eigenvalue weighted by atomic mass is 10.2. The van der Waals surface area contributed by atoms with Crippen molar-refractivity contribution >= 4 is 45.8 Å². The van der Waals surface area contributed by atoms with Crippen molar-refractivity contribution in [1.29, 1.82) is 0 Å². The zero-order chi connectivity index (χ0) is 24.5. The Morgan fingerprint density at radius 2 is 1.61 bits per heavy atom. The SMILES string of the molecule is O=C(Nc1ccccc1)N1CCCN(c2nc3ccccc3c3nnc(-c4ccc(Cl)cc4)n23)CC1. The topological polar surface area (TPSA) is 78.7 Å². The molecule has 2 amide bonds. The first kappa shape index (κ1) is 22.3. The maximum absolute atomic E-state index is 12.9.